The maximum absolute atomic E-state index is 12.6. The number of aliphatic hydroxyl groups excluding tert-OH is 1. The third-order valence-electron chi connectivity index (χ3n) is 6.09. The number of aliphatic hydroxyl groups is 1. The minimum Gasteiger partial charge on any atom is -0.391 e. The first-order valence-corrected chi connectivity index (χ1v) is 13.3. The molecule has 8 nitrogen and oxygen atoms in total. The lowest BCUT2D eigenvalue weighted by Crippen LogP contribution is -2.55. The molecule has 6 N–H and O–H groups in total. The van der Waals surface area contributed by atoms with Crippen LogP contribution in [0, 0.1) is 17.8 Å². The average Bonchev–Trinajstić information content (AvgIpc) is 2.68. The lowest BCUT2D eigenvalue weighted by Gasteiger charge is -2.27. The molecule has 3 unspecified atom stereocenters. The summed E-state index contributed by atoms with van der Waals surface area (Å²) in [5.74, 6) is -0.756. The minimum absolute atomic E-state index is 0.0599. The van der Waals surface area contributed by atoms with Crippen molar-refractivity contribution in [2.24, 2.45) is 23.5 Å². The van der Waals surface area contributed by atoms with Crippen molar-refractivity contribution < 1.29 is 24.2 Å². The van der Waals surface area contributed by atoms with Crippen molar-refractivity contribution in [3.05, 3.63) is 0 Å². The molecule has 0 aromatic rings. The molecule has 0 heterocycles. The van der Waals surface area contributed by atoms with Crippen LogP contribution in [0.5, 0.6) is 0 Å². The van der Waals surface area contributed by atoms with Crippen LogP contribution in [0.4, 0.5) is 0 Å². The first kappa shape index (κ1) is 27.1. The summed E-state index contributed by atoms with van der Waals surface area (Å²) in [7, 11) is -3.46. The smallest absolute Gasteiger partial charge is 0.242 e. The Morgan fingerprint density at radius 2 is 1.73 bits per heavy atom. The molecule has 1 fully saturated rings. The molecular weight excluding hydrogens is 405 g/mol. The highest BCUT2D eigenvalue weighted by Gasteiger charge is 2.31. The summed E-state index contributed by atoms with van der Waals surface area (Å²) in [5, 5.41) is 15.6. The number of hydrogen-bond donors (Lipinski definition) is 5. The van der Waals surface area contributed by atoms with E-state index in [9.17, 15) is 24.2 Å². The Bertz CT molecular complexity index is 595. The third-order valence-corrected chi connectivity index (χ3v) is 8.17. The number of carbonyl (C=O) groups excluding carboxylic acids is 2. The third kappa shape index (κ3) is 9.46. The van der Waals surface area contributed by atoms with Gasteiger partial charge in [0.1, 0.15) is 6.04 Å². The molecule has 1 saturated carbocycles. The highest BCUT2D eigenvalue weighted by Crippen LogP contribution is 2.45. The summed E-state index contributed by atoms with van der Waals surface area (Å²) in [5.41, 5.74) is 5.88. The van der Waals surface area contributed by atoms with E-state index in [1.54, 1.807) is 0 Å². The van der Waals surface area contributed by atoms with Crippen LogP contribution in [-0.4, -0.2) is 58.9 Å². The molecule has 0 aromatic heterocycles. The molecule has 1 rings (SSSR count). The van der Waals surface area contributed by atoms with E-state index in [0.29, 0.717) is 6.42 Å². The molecule has 2 amide bonds. The molecule has 30 heavy (non-hydrogen) atoms. The lowest BCUT2D eigenvalue weighted by molar-refractivity contribution is -0.131. The zero-order valence-electron chi connectivity index (χ0n) is 19.0. The van der Waals surface area contributed by atoms with Crippen LogP contribution in [0.3, 0.4) is 0 Å². The normalized spacial score (nSPS) is 21.3. The summed E-state index contributed by atoms with van der Waals surface area (Å²) in [4.78, 5) is 35.2. The molecule has 0 spiro atoms. The van der Waals surface area contributed by atoms with Gasteiger partial charge in [-0.05, 0) is 30.6 Å². The molecule has 1 aliphatic rings. The second kappa shape index (κ2) is 12.8. The molecule has 9 heteroatoms. The monoisotopic (exact) mass is 447 g/mol. The van der Waals surface area contributed by atoms with Gasteiger partial charge in [0.25, 0.3) is 0 Å². The second-order valence-electron chi connectivity index (χ2n) is 9.26. The summed E-state index contributed by atoms with van der Waals surface area (Å²) in [6.45, 7) is 7.31. The second-order valence-corrected chi connectivity index (χ2v) is 11.7. The minimum atomic E-state index is -3.46. The first-order valence-electron chi connectivity index (χ1n) is 11.3. The number of amides is 2. The molecule has 0 aliphatic heterocycles. The summed E-state index contributed by atoms with van der Waals surface area (Å²) < 4.78 is 12.5. The van der Waals surface area contributed by atoms with Gasteiger partial charge in [0, 0.05) is 12.7 Å². The molecule has 0 saturated heterocycles. The summed E-state index contributed by atoms with van der Waals surface area (Å²) >= 11 is 0. The van der Waals surface area contributed by atoms with E-state index in [4.69, 9.17) is 5.73 Å². The molecule has 0 aromatic carbocycles. The fourth-order valence-corrected chi connectivity index (χ4v) is 5.93. The van der Waals surface area contributed by atoms with Gasteiger partial charge in [-0.1, -0.05) is 53.4 Å². The van der Waals surface area contributed by atoms with E-state index in [-0.39, 0.29) is 36.6 Å². The van der Waals surface area contributed by atoms with E-state index in [1.807, 2.05) is 27.7 Å². The van der Waals surface area contributed by atoms with Crippen molar-refractivity contribution in [1.82, 2.24) is 10.6 Å². The molecule has 0 radical (unpaired) electrons. The van der Waals surface area contributed by atoms with Crippen LogP contribution in [0.2, 0.25) is 0 Å². The number of rotatable bonds is 12. The van der Waals surface area contributed by atoms with Crippen LogP contribution in [0.1, 0.15) is 66.2 Å². The lowest BCUT2D eigenvalue weighted by atomic mass is 9.91. The van der Waals surface area contributed by atoms with E-state index in [2.05, 4.69) is 10.6 Å². The standard InChI is InChI=1S/C21H42N3O5P/c1-5-15(4)19(24-20(26)18(22)14(2)3)21(27)23-11-17(25)13-30(28,29)12-16-9-7-6-8-10-16/h14-19,25H,5-13,22H2,1-4H3,(H,23,27)(H,24,26)(H,28,29)/t15?,17-,18+,19?/m1/s1. The Morgan fingerprint density at radius 1 is 1.13 bits per heavy atom. The predicted molar refractivity (Wildman–Crippen MR) is 119 cm³/mol. The zero-order chi connectivity index (χ0) is 22.9. The van der Waals surface area contributed by atoms with Crippen molar-refractivity contribution in [3.63, 3.8) is 0 Å². The zero-order valence-corrected chi connectivity index (χ0v) is 19.9. The molecule has 0 bridgehead atoms. The first-order chi connectivity index (χ1) is 14.0. The van der Waals surface area contributed by atoms with Gasteiger partial charge in [0.15, 0.2) is 0 Å². The van der Waals surface area contributed by atoms with Crippen LogP contribution in [0.25, 0.3) is 0 Å². The molecule has 1 aliphatic carbocycles. The fourth-order valence-electron chi connectivity index (χ4n) is 3.82. The van der Waals surface area contributed by atoms with Crippen LogP contribution in [0.15, 0.2) is 0 Å². The van der Waals surface area contributed by atoms with Crippen LogP contribution >= 0.6 is 7.37 Å². The van der Waals surface area contributed by atoms with Gasteiger partial charge < -0.3 is 26.4 Å². The van der Waals surface area contributed by atoms with E-state index in [0.717, 1.165) is 25.7 Å². The van der Waals surface area contributed by atoms with Crippen molar-refractivity contribution in [2.45, 2.75) is 84.4 Å². The largest absolute Gasteiger partial charge is 0.391 e. The van der Waals surface area contributed by atoms with Crippen LogP contribution in [-0.2, 0) is 14.2 Å². The highest BCUT2D eigenvalue weighted by atomic mass is 31.2. The maximum Gasteiger partial charge on any atom is 0.242 e. The molecule has 176 valence electrons. The summed E-state index contributed by atoms with van der Waals surface area (Å²) in [6.07, 6.45) is 4.85. The van der Waals surface area contributed by atoms with Gasteiger partial charge in [0.2, 0.25) is 19.2 Å². The van der Waals surface area contributed by atoms with Gasteiger partial charge in [-0.15, -0.1) is 0 Å². The Hall–Kier alpha value is -0.950. The SMILES string of the molecule is CCC(C)C(NC(=O)[C@@H](N)C(C)C)C(=O)NC[C@@H](O)CP(=O)(O)CC1CCCCC1. The fraction of sp³-hybridized carbons (Fsp3) is 0.905. The van der Waals surface area contributed by atoms with Gasteiger partial charge >= 0.3 is 0 Å². The highest BCUT2D eigenvalue weighted by molar-refractivity contribution is 7.58. The van der Waals surface area contributed by atoms with Gasteiger partial charge in [0.05, 0.1) is 18.3 Å². The Balaban J connectivity index is 2.57. The quantitative estimate of drug-likeness (QED) is 0.289. The topological polar surface area (TPSA) is 142 Å². The van der Waals surface area contributed by atoms with E-state index in [1.165, 1.54) is 6.42 Å². The number of nitrogens with one attached hydrogen (secondary N) is 2. The van der Waals surface area contributed by atoms with Crippen molar-refractivity contribution >= 4 is 19.2 Å². The maximum atomic E-state index is 12.6. The number of nitrogens with two attached hydrogens (primary N) is 1. The van der Waals surface area contributed by atoms with Crippen molar-refractivity contribution in [1.29, 1.82) is 0 Å². The summed E-state index contributed by atoms with van der Waals surface area (Å²) in [6, 6.07) is -1.49. The van der Waals surface area contributed by atoms with Crippen molar-refractivity contribution in [3.8, 4) is 0 Å². The van der Waals surface area contributed by atoms with Crippen molar-refractivity contribution in [2.75, 3.05) is 18.9 Å². The molecule has 5 atom stereocenters. The van der Waals surface area contributed by atoms with E-state index < -0.39 is 37.4 Å². The van der Waals surface area contributed by atoms with Gasteiger partial charge in [-0.25, -0.2) is 0 Å². The van der Waals surface area contributed by atoms with Gasteiger partial charge in [-0.3, -0.25) is 14.2 Å². The van der Waals surface area contributed by atoms with E-state index >= 15 is 0 Å². The van der Waals surface area contributed by atoms with Gasteiger partial charge in [-0.2, -0.15) is 0 Å². The Kier molecular flexibility index (Phi) is 11.6. The number of hydrogen-bond acceptors (Lipinski definition) is 5. The Labute approximate surface area is 181 Å². The predicted octanol–water partition coefficient (Wildman–Crippen LogP) is 1.83. The number of carbonyl (C=O) groups is 2. The average molecular weight is 448 g/mol. The Morgan fingerprint density at radius 3 is 2.27 bits per heavy atom. The molecular formula is C21H42N3O5P. The van der Waals surface area contributed by atoms with Crippen LogP contribution < -0.4 is 16.4 Å².